The third-order valence-electron chi connectivity index (χ3n) is 3.43. The molecular weight excluding hydrogens is 326 g/mol. The second-order valence-corrected chi connectivity index (χ2v) is 5.61. The van der Waals surface area contributed by atoms with E-state index in [0.29, 0.717) is 35.2 Å². The highest BCUT2D eigenvalue weighted by atomic mass is 35.5. The van der Waals surface area contributed by atoms with Crippen LogP contribution in [0.3, 0.4) is 0 Å². The van der Waals surface area contributed by atoms with Crippen LogP contribution in [0.15, 0.2) is 71.3 Å². The van der Waals surface area contributed by atoms with Crippen LogP contribution in [0, 0.1) is 0 Å². The fourth-order valence-electron chi connectivity index (χ4n) is 2.22. The lowest BCUT2D eigenvalue weighted by Gasteiger charge is -2.12. The lowest BCUT2D eigenvalue weighted by Crippen LogP contribution is -2.23. The molecule has 1 amide bonds. The van der Waals surface area contributed by atoms with E-state index in [9.17, 15) is 4.79 Å². The Labute approximate surface area is 145 Å². The Morgan fingerprint density at radius 2 is 1.92 bits per heavy atom. The molecule has 0 bridgehead atoms. The van der Waals surface area contributed by atoms with Crippen molar-refractivity contribution >= 4 is 17.5 Å². The third-order valence-corrected chi connectivity index (χ3v) is 3.66. The van der Waals surface area contributed by atoms with Gasteiger partial charge in [0.25, 0.3) is 5.91 Å². The molecule has 2 aromatic carbocycles. The van der Waals surface area contributed by atoms with Crippen LogP contribution in [0.25, 0.3) is 0 Å². The molecule has 24 heavy (non-hydrogen) atoms. The van der Waals surface area contributed by atoms with Gasteiger partial charge in [-0.2, -0.15) is 0 Å². The van der Waals surface area contributed by atoms with Crippen molar-refractivity contribution in [2.45, 2.75) is 13.2 Å². The summed E-state index contributed by atoms with van der Waals surface area (Å²) in [6.45, 7) is 0.678. The number of ether oxygens (including phenoxy) is 1. The molecule has 0 aliphatic carbocycles. The zero-order chi connectivity index (χ0) is 16.8. The van der Waals surface area contributed by atoms with Crippen LogP contribution in [0.2, 0.25) is 5.02 Å². The first-order chi connectivity index (χ1) is 11.7. The Morgan fingerprint density at radius 1 is 1.08 bits per heavy atom. The molecule has 0 aliphatic rings. The minimum atomic E-state index is -0.267. The van der Waals surface area contributed by atoms with Crippen molar-refractivity contribution in [3.63, 3.8) is 0 Å². The van der Waals surface area contributed by atoms with Gasteiger partial charge in [0.1, 0.15) is 18.1 Å². The number of hydrogen-bond donors (Lipinski definition) is 1. The van der Waals surface area contributed by atoms with Gasteiger partial charge in [-0.25, -0.2) is 0 Å². The van der Waals surface area contributed by atoms with E-state index in [2.05, 4.69) is 5.32 Å². The number of amides is 1. The maximum absolute atomic E-state index is 12.4. The van der Waals surface area contributed by atoms with Gasteiger partial charge in [0.05, 0.1) is 18.4 Å². The van der Waals surface area contributed by atoms with Gasteiger partial charge in [0.15, 0.2) is 0 Å². The first-order valence-corrected chi connectivity index (χ1v) is 7.87. The summed E-state index contributed by atoms with van der Waals surface area (Å²) < 4.78 is 11.0. The first-order valence-electron chi connectivity index (χ1n) is 7.49. The molecule has 0 unspecified atom stereocenters. The molecule has 0 aliphatic heterocycles. The molecule has 0 saturated carbocycles. The maximum Gasteiger partial charge on any atom is 0.255 e. The molecule has 1 N–H and O–H groups in total. The number of carbonyl (C=O) groups is 1. The highest BCUT2D eigenvalue weighted by Crippen LogP contribution is 2.24. The minimum Gasteiger partial charge on any atom is -0.488 e. The van der Waals surface area contributed by atoms with Crippen molar-refractivity contribution in [3.05, 3.63) is 88.8 Å². The normalized spacial score (nSPS) is 10.4. The lowest BCUT2D eigenvalue weighted by atomic mass is 10.2. The molecule has 0 fully saturated rings. The average Bonchev–Trinajstić information content (AvgIpc) is 3.13. The zero-order valence-electron chi connectivity index (χ0n) is 12.9. The van der Waals surface area contributed by atoms with Gasteiger partial charge in [0.2, 0.25) is 0 Å². The Balaban J connectivity index is 1.71. The highest BCUT2D eigenvalue weighted by Gasteiger charge is 2.14. The van der Waals surface area contributed by atoms with E-state index in [1.807, 2.05) is 30.3 Å². The molecule has 3 aromatic rings. The van der Waals surface area contributed by atoms with Gasteiger partial charge in [-0.05, 0) is 35.9 Å². The largest absolute Gasteiger partial charge is 0.488 e. The van der Waals surface area contributed by atoms with Gasteiger partial charge in [0, 0.05) is 5.02 Å². The summed E-state index contributed by atoms with van der Waals surface area (Å²) in [5.74, 6) is 0.897. The van der Waals surface area contributed by atoms with Crippen molar-refractivity contribution in [1.29, 1.82) is 0 Å². The van der Waals surface area contributed by atoms with Crippen molar-refractivity contribution in [3.8, 4) is 5.75 Å². The van der Waals surface area contributed by atoms with E-state index in [4.69, 9.17) is 20.8 Å². The predicted octanol–water partition coefficient (Wildman–Crippen LogP) is 4.44. The first kappa shape index (κ1) is 16.1. The second-order valence-electron chi connectivity index (χ2n) is 5.18. The molecule has 122 valence electrons. The number of furan rings is 1. The summed E-state index contributed by atoms with van der Waals surface area (Å²) >= 11 is 6.02. The van der Waals surface area contributed by atoms with E-state index >= 15 is 0 Å². The van der Waals surface area contributed by atoms with Crippen LogP contribution < -0.4 is 10.1 Å². The Hall–Kier alpha value is -2.72. The summed E-state index contributed by atoms with van der Waals surface area (Å²) in [4.78, 5) is 12.4. The van der Waals surface area contributed by atoms with Crippen LogP contribution >= 0.6 is 11.6 Å². The van der Waals surface area contributed by atoms with Crippen molar-refractivity contribution in [2.24, 2.45) is 0 Å². The second kappa shape index (κ2) is 7.70. The van der Waals surface area contributed by atoms with Crippen molar-refractivity contribution in [1.82, 2.24) is 5.32 Å². The fraction of sp³-hybridized carbons (Fsp3) is 0.105. The summed E-state index contributed by atoms with van der Waals surface area (Å²) in [6, 6.07) is 18.3. The maximum atomic E-state index is 12.4. The Bertz CT molecular complexity index is 801. The molecular formula is C19H16ClNO3. The molecule has 0 spiro atoms. The van der Waals surface area contributed by atoms with Crippen LogP contribution in [0.4, 0.5) is 0 Å². The number of carbonyl (C=O) groups excluding carboxylic acids is 1. The minimum absolute atomic E-state index is 0.267. The number of rotatable bonds is 6. The van der Waals surface area contributed by atoms with Gasteiger partial charge in [-0.1, -0.05) is 41.9 Å². The SMILES string of the molecule is O=C(NCc1ccco1)c1cc(Cl)ccc1OCc1ccccc1. The molecule has 1 heterocycles. The third kappa shape index (κ3) is 4.18. The van der Waals surface area contributed by atoms with E-state index in [-0.39, 0.29) is 5.91 Å². The quantitative estimate of drug-likeness (QED) is 0.721. The average molecular weight is 342 g/mol. The van der Waals surface area contributed by atoms with Crippen LogP contribution in [0.1, 0.15) is 21.7 Å². The Morgan fingerprint density at radius 3 is 2.67 bits per heavy atom. The number of hydrogen-bond acceptors (Lipinski definition) is 3. The zero-order valence-corrected chi connectivity index (χ0v) is 13.6. The van der Waals surface area contributed by atoms with Crippen molar-refractivity contribution in [2.75, 3.05) is 0 Å². The standard InChI is InChI=1S/C19H16ClNO3/c20-15-8-9-18(24-13-14-5-2-1-3-6-14)17(11-15)19(22)21-12-16-7-4-10-23-16/h1-11H,12-13H2,(H,21,22). The van der Waals surface area contributed by atoms with Crippen LogP contribution in [0.5, 0.6) is 5.75 Å². The molecule has 5 heteroatoms. The molecule has 0 radical (unpaired) electrons. The topological polar surface area (TPSA) is 51.5 Å². The van der Waals surface area contributed by atoms with Crippen molar-refractivity contribution < 1.29 is 13.9 Å². The van der Waals surface area contributed by atoms with Gasteiger partial charge < -0.3 is 14.5 Å². The fourth-order valence-corrected chi connectivity index (χ4v) is 2.39. The molecule has 1 aromatic heterocycles. The number of halogens is 1. The van der Waals surface area contributed by atoms with Crippen LogP contribution in [-0.4, -0.2) is 5.91 Å². The van der Waals surface area contributed by atoms with E-state index in [1.54, 1.807) is 36.6 Å². The summed E-state index contributed by atoms with van der Waals surface area (Å²) in [7, 11) is 0. The summed E-state index contributed by atoms with van der Waals surface area (Å²) in [5.41, 5.74) is 1.42. The Kier molecular flexibility index (Phi) is 5.18. The molecule has 0 atom stereocenters. The number of benzene rings is 2. The number of nitrogens with one attached hydrogen (secondary N) is 1. The van der Waals surface area contributed by atoms with E-state index in [0.717, 1.165) is 5.56 Å². The highest BCUT2D eigenvalue weighted by molar-refractivity contribution is 6.31. The van der Waals surface area contributed by atoms with Crippen LogP contribution in [-0.2, 0) is 13.2 Å². The van der Waals surface area contributed by atoms with Gasteiger partial charge >= 0.3 is 0 Å². The smallest absolute Gasteiger partial charge is 0.255 e. The van der Waals surface area contributed by atoms with E-state index < -0.39 is 0 Å². The molecule has 4 nitrogen and oxygen atoms in total. The lowest BCUT2D eigenvalue weighted by molar-refractivity contribution is 0.0943. The molecule has 3 rings (SSSR count). The molecule has 0 saturated heterocycles. The predicted molar refractivity (Wildman–Crippen MR) is 92.1 cm³/mol. The summed E-state index contributed by atoms with van der Waals surface area (Å²) in [6.07, 6.45) is 1.56. The van der Waals surface area contributed by atoms with E-state index in [1.165, 1.54) is 0 Å². The monoisotopic (exact) mass is 341 g/mol. The van der Waals surface area contributed by atoms with Gasteiger partial charge in [-0.3, -0.25) is 4.79 Å². The van der Waals surface area contributed by atoms with Gasteiger partial charge in [-0.15, -0.1) is 0 Å². The summed E-state index contributed by atoms with van der Waals surface area (Å²) in [5, 5.41) is 3.27.